The van der Waals surface area contributed by atoms with Gasteiger partial charge in [0, 0.05) is 26.2 Å². The minimum atomic E-state index is -4.32. The second kappa shape index (κ2) is 6.07. The Hall–Kier alpha value is -1.11. The van der Waals surface area contributed by atoms with E-state index in [1.165, 1.54) is 12.1 Å². The molecule has 1 aliphatic carbocycles. The van der Waals surface area contributed by atoms with E-state index in [1.807, 2.05) is 0 Å². The van der Waals surface area contributed by atoms with Crippen molar-refractivity contribution in [3.63, 3.8) is 0 Å². The van der Waals surface area contributed by atoms with Crippen LogP contribution in [0.2, 0.25) is 0 Å². The van der Waals surface area contributed by atoms with Crippen LogP contribution in [0.4, 0.5) is 13.2 Å². The zero-order chi connectivity index (χ0) is 16.7. The molecule has 0 amide bonds. The van der Waals surface area contributed by atoms with Crippen LogP contribution in [0.3, 0.4) is 0 Å². The van der Waals surface area contributed by atoms with E-state index < -0.39 is 11.7 Å². The Labute approximate surface area is 134 Å². The Morgan fingerprint density at radius 2 is 2.13 bits per heavy atom. The largest absolute Gasteiger partial charge is 0.416 e. The molecule has 1 saturated carbocycles. The standard InChI is InChI=1S/C17H22F3NO2/c1-23-16-6-5-14(22)10-15(16)21(8-7-16)11-12-3-2-4-13(9-12)17(18,19)20/h2-4,9,14-15,22H,5-8,10-11H2,1H3/t14-,15+,16-/m1/s1. The zero-order valence-corrected chi connectivity index (χ0v) is 13.1. The maximum atomic E-state index is 12.9. The first-order valence-electron chi connectivity index (χ1n) is 7.97. The van der Waals surface area contributed by atoms with Gasteiger partial charge in [-0.3, -0.25) is 4.90 Å². The van der Waals surface area contributed by atoms with Gasteiger partial charge in [0.25, 0.3) is 0 Å². The summed E-state index contributed by atoms with van der Waals surface area (Å²) in [4.78, 5) is 2.15. The summed E-state index contributed by atoms with van der Waals surface area (Å²) in [6.45, 7) is 1.23. The van der Waals surface area contributed by atoms with Crippen molar-refractivity contribution in [2.24, 2.45) is 0 Å². The molecule has 1 heterocycles. The molecule has 3 atom stereocenters. The fraction of sp³-hybridized carbons (Fsp3) is 0.647. The molecule has 1 N–H and O–H groups in total. The molecule has 0 radical (unpaired) electrons. The Morgan fingerprint density at radius 1 is 1.35 bits per heavy atom. The minimum absolute atomic E-state index is 0.0609. The highest BCUT2D eigenvalue weighted by Gasteiger charge is 2.50. The number of alkyl halides is 3. The summed E-state index contributed by atoms with van der Waals surface area (Å²) >= 11 is 0. The highest BCUT2D eigenvalue weighted by Crippen LogP contribution is 2.43. The molecule has 128 valence electrons. The number of halogens is 3. The molecule has 1 saturated heterocycles. The fourth-order valence-electron chi connectivity index (χ4n) is 4.04. The average molecular weight is 329 g/mol. The van der Waals surface area contributed by atoms with Crippen LogP contribution >= 0.6 is 0 Å². The van der Waals surface area contributed by atoms with Crippen LogP contribution in [0.5, 0.6) is 0 Å². The second-order valence-corrected chi connectivity index (χ2v) is 6.63. The van der Waals surface area contributed by atoms with Gasteiger partial charge in [0.2, 0.25) is 0 Å². The van der Waals surface area contributed by atoms with Gasteiger partial charge in [-0.1, -0.05) is 18.2 Å². The third kappa shape index (κ3) is 3.25. The summed E-state index contributed by atoms with van der Waals surface area (Å²) in [5.74, 6) is 0. The van der Waals surface area contributed by atoms with Gasteiger partial charge in [-0.2, -0.15) is 13.2 Å². The summed E-state index contributed by atoms with van der Waals surface area (Å²) in [6, 6.07) is 5.55. The van der Waals surface area contributed by atoms with Crippen LogP contribution in [-0.2, 0) is 17.5 Å². The van der Waals surface area contributed by atoms with Crippen molar-refractivity contribution in [2.75, 3.05) is 13.7 Å². The Balaban J connectivity index is 1.78. The van der Waals surface area contributed by atoms with Gasteiger partial charge in [0.15, 0.2) is 0 Å². The zero-order valence-electron chi connectivity index (χ0n) is 13.1. The molecule has 0 aromatic heterocycles. The van der Waals surface area contributed by atoms with E-state index >= 15 is 0 Å². The molecule has 1 aromatic rings. The first-order valence-corrected chi connectivity index (χ1v) is 7.97. The first kappa shape index (κ1) is 16.7. The molecule has 1 aromatic carbocycles. The molecular weight excluding hydrogens is 307 g/mol. The number of ether oxygens (including phenoxy) is 1. The van der Waals surface area contributed by atoms with Gasteiger partial charge >= 0.3 is 6.18 Å². The van der Waals surface area contributed by atoms with Crippen LogP contribution in [0.25, 0.3) is 0 Å². The number of methoxy groups -OCH3 is 1. The van der Waals surface area contributed by atoms with Crippen molar-refractivity contribution >= 4 is 0 Å². The molecule has 6 heteroatoms. The molecule has 0 bridgehead atoms. The second-order valence-electron chi connectivity index (χ2n) is 6.63. The highest BCUT2D eigenvalue weighted by atomic mass is 19.4. The lowest BCUT2D eigenvalue weighted by molar-refractivity contribution is -0.137. The number of benzene rings is 1. The monoisotopic (exact) mass is 329 g/mol. The number of nitrogens with zero attached hydrogens (tertiary/aromatic N) is 1. The Kier molecular flexibility index (Phi) is 4.42. The number of hydrogen-bond donors (Lipinski definition) is 1. The van der Waals surface area contributed by atoms with E-state index in [-0.39, 0.29) is 17.7 Å². The SMILES string of the molecule is CO[C@@]12CC[C@@H](O)C[C@@H]1N(Cc1cccc(C(F)(F)F)c1)CC2. The molecule has 0 unspecified atom stereocenters. The van der Waals surface area contributed by atoms with E-state index in [1.54, 1.807) is 13.2 Å². The number of hydrogen-bond acceptors (Lipinski definition) is 3. The molecule has 3 nitrogen and oxygen atoms in total. The Morgan fingerprint density at radius 3 is 2.83 bits per heavy atom. The topological polar surface area (TPSA) is 32.7 Å². The minimum Gasteiger partial charge on any atom is -0.393 e. The lowest BCUT2D eigenvalue weighted by Crippen LogP contribution is -2.51. The van der Waals surface area contributed by atoms with Crippen LogP contribution < -0.4 is 0 Å². The predicted octanol–water partition coefficient (Wildman–Crippen LogP) is 3.21. The molecule has 2 aliphatic rings. The van der Waals surface area contributed by atoms with Crippen LogP contribution in [0.15, 0.2) is 24.3 Å². The summed E-state index contributed by atoms with van der Waals surface area (Å²) in [5.41, 5.74) is -0.233. The van der Waals surface area contributed by atoms with Gasteiger partial charge in [0.05, 0.1) is 17.3 Å². The summed E-state index contributed by atoms with van der Waals surface area (Å²) in [6.07, 6.45) is -1.67. The number of fused-ring (bicyclic) bond motifs is 1. The molecular formula is C17H22F3NO2. The molecule has 1 aliphatic heterocycles. The summed E-state index contributed by atoms with van der Waals surface area (Å²) < 4.78 is 44.3. The number of aliphatic hydroxyl groups excluding tert-OH is 1. The Bertz CT molecular complexity index is 563. The van der Waals surface area contributed by atoms with Crippen molar-refractivity contribution in [3.05, 3.63) is 35.4 Å². The van der Waals surface area contributed by atoms with Crippen molar-refractivity contribution in [1.82, 2.24) is 4.90 Å². The third-order valence-corrected chi connectivity index (χ3v) is 5.31. The molecule has 0 spiro atoms. The van der Waals surface area contributed by atoms with Gasteiger partial charge in [-0.25, -0.2) is 0 Å². The summed E-state index contributed by atoms with van der Waals surface area (Å²) in [7, 11) is 1.69. The van der Waals surface area contributed by atoms with Crippen molar-refractivity contribution in [2.45, 2.75) is 56.2 Å². The number of rotatable bonds is 3. The lowest BCUT2D eigenvalue weighted by Gasteiger charge is -2.42. The van der Waals surface area contributed by atoms with Crippen LogP contribution in [-0.4, -0.2) is 41.4 Å². The van der Waals surface area contributed by atoms with E-state index in [2.05, 4.69) is 4.90 Å². The van der Waals surface area contributed by atoms with Crippen molar-refractivity contribution in [3.8, 4) is 0 Å². The lowest BCUT2D eigenvalue weighted by atomic mass is 9.79. The highest BCUT2D eigenvalue weighted by molar-refractivity contribution is 5.26. The molecule has 23 heavy (non-hydrogen) atoms. The van der Waals surface area contributed by atoms with Gasteiger partial charge < -0.3 is 9.84 Å². The first-order chi connectivity index (χ1) is 10.8. The molecule has 2 fully saturated rings. The number of aliphatic hydroxyl groups is 1. The maximum absolute atomic E-state index is 12.9. The number of likely N-dealkylation sites (tertiary alicyclic amines) is 1. The van der Waals surface area contributed by atoms with Crippen LogP contribution in [0.1, 0.15) is 36.8 Å². The normalized spacial score (nSPS) is 32.0. The quantitative estimate of drug-likeness (QED) is 0.924. The molecule has 3 rings (SSSR count). The fourth-order valence-corrected chi connectivity index (χ4v) is 4.04. The van der Waals surface area contributed by atoms with Crippen LogP contribution in [0, 0.1) is 0 Å². The van der Waals surface area contributed by atoms with E-state index in [9.17, 15) is 18.3 Å². The van der Waals surface area contributed by atoms with Crippen molar-refractivity contribution < 1.29 is 23.0 Å². The van der Waals surface area contributed by atoms with Gasteiger partial charge in [0.1, 0.15) is 0 Å². The maximum Gasteiger partial charge on any atom is 0.416 e. The summed E-state index contributed by atoms with van der Waals surface area (Å²) in [5, 5.41) is 9.97. The predicted molar refractivity (Wildman–Crippen MR) is 79.9 cm³/mol. The van der Waals surface area contributed by atoms with Gasteiger partial charge in [-0.15, -0.1) is 0 Å². The van der Waals surface area contributed by atoms with Crippen molar-refractivity contribution in [1.29, 1.82) is 0 Å². The van der Waals surface area contributed by atoms with E-state index in [4.69, 9.17) is 4.74 Å². The van der Waals surface area contributed by atoms with Gasteiger partial charge in [-0.05, 0) is 37.3 Å². The smallest absolute Gasteiger partial charge is 0.393 e. The average Bonchev–Trinajstić information content (AvgIpc) is 2.86. The van der Waals surface area contributed by atoms with E-state index in [0.717, 1.165) is 31.9 Å². The third-order valence-electron chi connectivity index (χ3n) is 5.31. The van der Waals surface area contributed by atoms with E-state index in [0.29, 0.717) is 18.5 Å².